The molecule has 0 amide bonds. The van der Waals surface area contributed by atoms with Crippen LogP contribution in [0.4, 0.5) is 13.2 Å². The summed E-state index contributed by atoms with van der Waals surface area (Å²) in [5, 5.41) is 10.2. The Kier molecular flexibility index (Phi) is 7.51. The number of H-pyrrole nitrogens is 1. The van der Waals surface area contributed by atoms with Crippen molar-refractivity contribution in [3.05, 3.63) is 75.8 Å². The van der Waals surface area contributed by atoms with Gasteiger partial charge in [-0.25, -0.2) is 17.8 Å². The molecule has 1 heterocycles. The highest BCUT2D eigenvalue weighted by atomic mass is 35.5. The number of aromatic nitrogens is 2. The second-order valence-corrected chi connectivity index (χ2v) is 10.8. The molecule has 6 nitrogen and oxygen atoms in total. The summed E-state index contributed by atoms with van der Waals surface area (Å²) in [5.74, 6) is -1.99. The van der Waals surface area contributed by atoms with Gasteiger partial charge in [0.05, 0.1) is 38.7 Å². The number of halogens is 5. The highest BCUT2D eigenvalue weighted by Gasteiger charge is 2.25. The first-order valence-corrected chi connectivity index (χ1v) is 13.0. The van der Waals surface area contributed by atoms with Crippen LogP contribution >= 0.6 is 23.2 Å². The number of sulfone groups is 1. The number of aliphatic hydroxyl groups is 1. The van der Waals surface area contributed by atoms with E-state index in [0.717, 1.165) is 6.07 Å². The maximum absolute atomic E-state index is 14.9. The van der Waals surface area contributed by atoms with Gasteiger partial charge in [0.2, 0.25) is 0 Å². The van der Waals surface area contributed by atoms with Crippen LogP contribution in [0, 0.1) is 5.82 Å². The lowest BCUT2D eigenvalue weighted by Crippen LogP contribution is -2.11. The predicted molar refractivity (Wildman–Crippen MR) is 131 cm³/mol. The summed E-state index contributed by atoms with van der Waals surface area (Å²) in [5.41, 5.74) is 1.02. The zero-order valence-corrected chi connectivity index (χ0v) is 20.9. The number of hydrogen-bond acceptors (Lipinski definition) is 5. The Balaban J connectivity index is 1.82. The molecule has 0 spiro atoms. The van der Waals surface area contributed by atoms with Crippen LogP contribution in [0.3, 0.4) is 0 Å². The zero-order chi connectivity index (χ0) is 26.2. The van der Waals surface area contributed by atoms with Gasteiger partial charge in [-0.05, 0) is 24.3 Å². The van der Waals surface area contributed by atoms with Gasteiger partial charge in [0.25, 0.3) is 0 Å². The number of benzene rings is 3. The Morgan fingerprint density at radius 1 is 1.14 bits per heavy atom. The van der Waals surface area contributed by atoms with E-state index < -0.39 is 34.8 Å². The first kappa shape index (κ1) is 26.3. The quantitative estimate of drug-likeness (QED) is 0.269. The average molecular weight is 559 g/mol. The van der Waals surface area contributed by atoms with Gasteiger partial charge in [-0.2, -0.15) is 8.78 Å². The smallest absolute Gasteiger partial charge is 0.387 e. The Bertz CT molecular complexity index is 1540. The topological polar surface area (TPSA) is 92.3 Å². The molecule has 0 radical (unpaired) electrons. The van der Waals surface area contributed by atoms with Gasteiger partial charge in [-0.3, -0.25) is 0 Å². The van der Waals surface area contributed by atoms with Gasteiger partial charge in [0, 0.05) is 16.7 Å². The first-order valence-electron chi connectivity index (χ1n) is 10.6. The van der Waals surface area contributed by atoms with Crippen molar-refractivity contribution in [3.8, 4) is 16.9 Å². The summed E-state index contributed by atoms with van der Waals surface area (Å²) in [6.07, 6.45) is 0. The molecule has 0 aliphatic rings. The SMILES string of the molecule is CCS(=O)(=O)c1ccc(C(CO)c2nc3c(Cl)c(-c4ccccc4OC(F)F)c(Cl)cc3[nH]2)c(F)c1. The van der Waals surface area contributed by atoms with Crippen molar-refractivity contribution in [2.75, 3.05) is 12.4 Å². The molecular weight excluding hydrogens is 540 g/mol. The monoisotopic (exact) mass is 558 g/mol. The van der Waals surface area contributed by atoms with Crippen molar-refractivity contribution in [2.45, 2.75) is 24.3 Å². The third-order valence-electron chi connectivity index (χ3n) is 5.66. The molecule has 0 saturated carbocycles. The van der Waals surface area contributed by atoms with Crippen LogP contribution in [-0.4, -0.2) is 42.5 Å². The van der Waals surface area contributed by atoms with Gasteiger partial charge in [-0.1, -0.05) is 54.4 Å². The summed E-state index contributed by atoms with van der Waals surface area (Å²) >= 11 is 13.1. The Morgan fingerprint density at radius 3 is 2.50 bits per heavy atom. The number of imidazole rings is 1. The lowest BCUT2D eigenvalue weighted by atomic mass is 9.99. The number of fused-ring (bicyclic) bond motifs is 1. The fraction of sp³-hybridized carbons (Fsp3) is 0.208. The summed E-state index contributed by atoms with van der Waals surface area (Å²) in [6.45, 7) is -2.17. The molecule has 0 aliphatic heterocycles. The number of aromatic amines is 1. The third kappa shape index (κ3) is 4.90. The van der Waals surface area contributed by atoms with Crippen molar-refractivity contribution in [3.63, 3.8) is 0 Å². The maximum atomic E-state index is 14.9. The highest BCUT2D eigenvalue weighted by molar-refractivity contribution is 7.91. The van der Waals surface area contributed by atoms with E-state index in [4.69, 9.17) is 23.2 Å². The fourth-order valence-electron chi connectivity index (χ4n) is 3.87. The molecule has 1 aromatic heterocycles. The van der Waals surface area contributed by atoms with Crippen molar-refractivity contribution in [1.29, 1.82) is 0 Å². The first-order chi connectivity index (χ1) is 17.1. The molecule has 4 rings (SSSR count). The Morgan fingerprint density at radius 2 is 1.86 bits per heavy atom. The molecule has 4 aromatic rings. The van der Waals surface area contributed by atoms with Gasteiger partial charge < -0.3 is 14.8 Å². The van der Waals surface area contributed by atoms with Crippen molar-refractivity contribution >= 4 is 44.1 Å². The summed E-state index contributed by atoms with van der Waals surface area (Å²) in [4.78, 5) is 7.22. The molecule has 0 saturated heterocycles. The van der Waals surface area contributed by atoms with E-state index in [1.807, 2.05) is 0 Å². The number of hydrogen-bond donors (Lipinski definition) is 2. The van der Waals surface area contributed by atoms with Crippen LogP contribution in [0.5, 0.6) is 5.75 Å². The summed E-state index contributed by atoms with van der Waals surface area (Å²) < 4.78 is 69.5. The van der Waals surface area contributed by atoms with Crippen LogP contribution in [-0.2, 0) is 9.84 Å². The minimum Gasteiger partial charge on any atom is -0.434 e. The maximum Gasteiger partial charge on any atom is 0.387 e. The number of rotatable bonds is 8. The molecular formula is C24H19Cl2F3N2O4S. The molecule has 0 aliphatic carbocycles. The molecule has 0 bridgehead atoms. The van der Waals surface area contributed by atoms with E-state index >= 15 is 0 Å². The van der Waals surface area contributed by atoms with Crippen molar-refractivity contribution in [2.24, 2.45) is 0 Å². The summed E-state index contributed by atoms with van der Waals surface area (Å²) in [6, 6.07) is 10.9. The number of alkyl halides is 2. The summed E-state index contributed by atoms with van der Waals surface area (Å²) in [7, 11) is -3.62. The van der Waals surface area contributed by atoms with E-state index in [0.29, 0.717) is 5.52 Å². The number of para-hydroxylation sites is 1. The van der Waals surface area contributed by atoms with Gasteiger partial charge in [-0.15, -0.1) is 0 Å². The minimum atomic E-state index is -3.62. The van der Waals surface area contributed by atoms with E-state index in [2.05, 4.69) is 14.7 Å². The van der Waals surface area contributed by atoms with E-state index in [9.17, 15) is 26.7 Å². The van der Waals surface area contributed by atoms with Crippen LogP contribution in [0.15, 0.2) is 53.4 Å². The van der Waals surface area contributed by atoms with Gasteiger partial charge >= 0.3 is 6.61 Å². The van der Waals surface area contributed by atoms with Crippen LogP contribution in [0.1, 0.15) is 24.2 Å². The number of aliphatic hydroxyl groups excluding tert-OH is 1. The van der Waals surface area contributed by atoms with E-state index in [1.165, 1.54) is 43.3 Å². The standard InChI is InChI=1S/C24H19Cl2F3N2O4S/c1-2-36(33,34)12-7-8-13(17(27)9-12)15(11-32)23-30-18-10-16(25)20(21(26)22(18)31-23)14-5-3-4-6-19(14)35-24(28)29/h3-10,15,24,32H,2,11H2,1H3,(H,30,31). The predicted octanol–water partition coefficient (Wildman–Crippen LogP) is 6.20. The highest BCUT2D eigenvalue weighted by Crippen LogP contribution is 2.44. The van der Waals surface area contributed by atoms with Crippen LogP contribution in [0.25, 0.3) is 22.2 Å². The largest absolute Gasteiger partial charge is 0.434 e. The lowest BCUT2D eigenvalue weighted by molar-refractivity contribution is -0.0494. The molecule has 190 valence electrons. The normalized spacial score (nSPS) is 12.9. The zero-order valence-electron chi connectivity index (χ0n) is 18.6. The number of ether oxygens (including phenoxy) is 1. The van der Waals surface area contributed by atoms with Crippen molar-refractivity contribution < 1.29 is 31.4 Å². The van der Waals surface area contributed by atoms with Crippen LogP contribution in [0.2, 0.25) is 10.0 Å². The molecule has 2 N–H and O–H groups in total. The lowest BCUT2D eigenvalue weighted by Gasteiger charge is -2.14. The van der Waals surface area contributed by atoms with Crippen LogP contribution < -0.4 is 4.74 Å². The minimum absolute atomic E-state index is 0.0183. The van der Waals surface area contributed by atoms with E-state index in [1.54, 1.807) is 6.07 Å². The average Bonchev–Trinajstić information content (AvgIpc) is 3.25. The number of nitrogens with zero attached hydrogens (tertiary/aromatic N) is 1. The molecule has 1 atom stereocenters. The molecule has 3 aromatic carbocycles. The second kappa shape index (κ2) is 10.3. The Hall–Kier alpha value is -2.79. The van der Waals surface area contributed by atoms with Gasteiger partial charge in [0.1, 0.15) is 22.9 Å². The fourth-order valence-corrected chi connectivity index (χ4v) is 5.46. The molecule has 0 fully saturated rings. The second-order valence-electron chi connectivity index (χ2n) is 7.76. The number of nitrogens with one attached hydrogen (secondary N) is 1. The molecule has 36 heavy (non-hydrogen) atoms. The van der Waals surface area contributed by atoms with Gasteiger partial charge in [0.15, 0.2) is 9.84 Å². The molecule has 1 unspecified atom stereocenters. The Labute approximate surface area is 214 Å². The van der Waals surface area contributed by atoms with Crippen molar-refractivity contribution in [1.82, 2.24) is 9.97 Å². The molecule has 12 heteroatoms. The third-order valence-corrected chi connectivity index (χ3v) is 8.06. The van der Waals surface area contributed by atoms with E-state index in [-0.39, 0.29) is 54.5 Å².